The number of aldehydes is 1. The lowest BCUT2D eigenvalue weighted by molar-refractivity contribution is -0.142. The largest absolute Gasteiger partial charge is 0.435 e. The van der Waals surface area contributed by atoms with E-state index < -0.39 is 17.4 Å². The lowest BCUT2D eigenvalue weighted by Crippen LogP contribution is -2.48. The van der Waals surface area contributed by atoms with Crippen molar-refractivity contribution in [1.82, 2.24) is 24.6 Å². The minimum atomic E-state index is -4.56. The SMILES string of the molecule is Cc1cc(C(F)(F)F)nn1CC(=O)N1CCC(c2nc(C(=O)N(C)[C@]3(C=O)C=CCc4ccccc43)cs2)CC1. The summed E-state index contributed by atoms with van der Waals surface area (Å²) in [5.41, 5.74) is 0.0580. The van der Waals surface area contributed by atoms with E-state index in [1.54, 1.807) is 23.4 Å². The number of aryl methyl sites for hydroxylation is 1. The van der Waals surface area contributed by atoms with Crippen molar-refractivity contribution in [3.63, 3.8) is 0 Å². The summed E-state index contributed by atoms with van der Waals surface area (Å²) in [5.74, 6) is -0.620. The summed E-state index contributed by atoms with van der Waals surface area (Å²) in [7, 11) is 1.60. The van der Waals surface area contributed by atoms with E-state index in [4.69, 9.17) is 0 Å². The molecule has 0 unspecified atom stereocenters. The average molecular weight is 572 g/mol. The van der Waals surface area contributed by atoms with Gasteiger partial charge in [-0.2, -0.15) is 18.3 Å². The molecule has 12 heteroatoms. The van der Waals surface area contributed by atoms with Gasteiger partial charge in [0.15, 0.2) is 12.0 Å². The Hall–Kier alpha value is -3.80. The summed E-state index contributed by atoms with van der Waals surface area (Å²) < 4.78 is 39.9. The van der Waals surface area contributed by atoms with Gasteiger partial charge in [0.2, 0.25) is 5.91 Å². The van der Waals surface area contributed by atoms with Crippen molar-refractivity contribution < 1.29 is 27.6 Å². The number of likely N-dealkylation sites (tertiary alicyclic amines) is 1. The van der Waals surface area contributed by atoms with Crippen LogP contribution in [-0.4, -0.2) is 62.8 Å². The number of amides is 2. The van der Waals surface area contributed by atoms with Crippen molar-refractivity contribution in [2.24, 2.45) is 0 Å². The number of fused-ring (bicyclic) bond motifs is 1. The van der Waals surface area contributed by atoms with E-state index in [-0.39, 0.29) is 35.7 Å². The van der Waals surface area contributed by atoms with Crippen LogP contribution >= 0.6 is 11.3 Å². The number of piperidine rings is 1. The Kier molecular flexibility index (Phi) is 7.38. The van der Waals surface area contributed by atoms with Crippen molar-refractivity contribution in [2.45, 2.75) is 50.4 Å². The van der Waals surface area contributed by atoms with Crippen LogP contribution in [0.15, 0.2) is 47.9 Å². The predicted molar refractivity (Wildman–Crippen MR) is 142 cm³/mol. The second-order valence-corrected chi connectivity index (χ2v) is 11.0. The van der Waals surface area contributed by atoms with Crippen LogP contribution in [0.1, 0.15) is 56.8 Å². The second kappa shape index (κ2) is 10.6. The molecule has 1 aliphatic heterocycles. The molecule has 3 aromatic rings. The molecule has 2 aliphatic rings. The number of benzene rings is 1. The van der Waals surface area contributed by atoms with Crippen molar-refractivity contribution in [1.29, 1.82) is 0 Å². The summed E-state index contributed by atoms with van der Waals surface area (Å²) in [6.07, 6.45) is 1.79. The van der Waals surface area contributed by atoms with Crippen molar-refractivity contribution in [2.75, 3.05) is 20.1 Å². The highest BCUT2D eigenvalue weighted by atomic mass is 32.1. The standard InChI is InChI=1S/C28H28F3N5O3S/c1-18-14-23(28(29,30)31)33-36(18)15-24(38)35-12-9-20(10-13-35)25-32-22(16-40-25)26(39)34(2)27(17-37)11-5-7-19-6-3-4-8-21(19)27/h3-6,8,11,14,16-17,20H,7,9-10,12-13,15H2,1-2H3/t27-/m0/s1. The quantitative estimate of drug-likeness (QED) is 0.324. The molecule has 0 radical (unpaired) electrons. The Morgan fingerprint density at radius 2 is 1.95 bits per heavy atom. The Morgan fingerprint density at radius 3 is 2.62 bits per heavy atom. The number of allylic oxidation sites excluding steroid dienone is 1. The van der Waals surface area contributed by atoms with Crippen LogP contribution < -0.4 is 0 Å². The van der Waals surface area contributed by atoms with E-state index in [1.165, 1.54) is 23.2 Å². The topological polar surface area (TPSA) is 88.4 Å². The van der Waals surface area contributed by atoms with E-state index in [9.17, 15) is 27.6 Å². The van der Waals surface area contributed by atoms with Crippen molar-refractivity contribution >= 4 is 29.4 Å². The molecule has 1 saturated heterocycles. The Morgan fingerprint density at radius 1 is 1.23 bits per heavy atom. The molecule has 210 valence electrons. The summed E-state index contributed by atoms with van der Waals surface area (Å²) in [4.78, 5) is 46.3. The molecule has 2 amide bonds. The molecule has 1 fully saturated rings. The van der Waals surface area contributed by atoms with E-state index in [0.29, 0.717) is 32.4 Å². The van der Waals surface area contributed by atoms with Gasteiger partial charge in [-0.1, -0.05) is 36.4 Å². The highest BCUT2D eigenvalue weighted by Gasteiger charge is 2.41. The highest BCUT2D eigenvalue weighted by molar-refractivity contribution is 7.09. The Bertz CT molecular complexity index is 1470. The first-order valence-corrected chi connectivity index (χ1v) is 13.8. The summed E-state index contributed by atoms with van der Waals surface area (Å²) in [6, 6.07) is 8.50. The number of halogens is 3. The normalized spacial score (nSPS) is 19.4. The lowest BCUT2D eigenvalue weighted by atomic mass is 9.81. The number of rotatable bonds is 6. The van der Waals surface area contributed by atoms with Crippen LogP contribution in [-0.2, 0) is 34.3 Å². The molecule has 0 N–H and O–H groups in total. The number of carbonyl (C=O) groups excluding carboxylic acids is 3. The number of hydrogen-bond acceptors (Lipinski definition) is 6. The smallest absolute Gasteiger partial charge is 0.341 e. The maximum atomic E-state index is 13.5. The highest BCUT2D eigenvalue weighted by Crippen LogP contribution is 2.36. The molecule has 0 spiro atoms. The molecular weight excluding hydrogens is 543 g/mol. The van der Waals surface area contributed by atoms with Crippen LogP contribution in [0.4, 0.5) is 13.2 Å². The third-order valence-corrected chi connectivity index (χ3v) is 8.70. The van der Waals surface area contributed by atoms with Gasteiger partial charge in [-0.25, -0.2) is 4.98 Å². The summed E-state index contributed by atoms with van der Waals surface area (Å²) >= 11 is 1.37. The van der Waals surface area contributed by atoms with Gasteiger partial charge in [-0.3, -0.25) is 19.1 Å². The minimum Gasteiger partial charge on any atom is -0.341 e. The third kappa shape index (κ3) is 5.07. The number of likely N-dealkylation sites (N-methyl/N-ethyl adjacent to an activating group) is 1. The number of alkyl halides is 3. The zero-order chi connectivity index (χ0) is 28.7. The minimum absolute atomic E-state index is 0.0412. The monoisotopic (exact) mass is 571 g/mol. The maximum absolute atomic E-state index is 13.5. The van der Waals surface area contributed by atoms with Gasteiger partial charge in [-0.15, -0.1) is 11.3 Å². The number of hydrogen-bond donors (Lipinski definition) is 0. The van der Waals surface area contributed by atoms with Crippen LogP contribution in [0, 0.1) is 6.92 Å². The average Bonchev–Trinajstić information content (AvgIpc) is 3.59. The molecule has 40 heavy (non-hydrogen) atoms. The van der Waals surface area contributed by atoms with Crippen molar-refractivity contribution in [3.05, 3.63) is 81.1 Å². The summed E-state index contributed by atoms with van der Waals surface area (Å²) in [5, 5.41) is 6.02. The van der Waals surface area contributed by atoms with E-state index in [2.05, 4.69) is 10.1 Å². The van der Waals surface area contributed by atoms with Gasteiger partial charge in [0.1, 0.15) is 17.8 Å². The Balaban J connectivity index is 1.23. The molecule has 1 aromatic carbocycles. The third-order valence-electron chi connectivity index (χ3n) is 7.69. The van der Waals surface area contributed by atoms with Gasteiger partial charge in [0.05, 0.1) is 5.01 Å². The fourth-order valence-corrected chi connectivity index (χ4v) is 6.31. The first-order valence-electron chi connectivity index (χ1n) is 12.9. The summed E-state index contributed by atoms with van der Waals surface area (Å²) in [6.45, 7) is 2.08. The predicted octanol–water partition coefficient (Wildman–Crippen LogP) is 4.35. The van der Waals surface area contributed by atoms with Crippen LogP contribution in [0.2, 0.25) is 0 Å². The van der Waals surface area contributed by atoms with Crippen molar-refractivity contribution in [3.8, 4) is 0 Å². The van der Waals surface area contributed by atoms with Gasteiger partial charge in [-0.05, 0) is 43.4 Å². The van der Waals surface area contributed by atoms with E-state index in [1.807, 2.05) is 30.3 Å². The van der Waals surface area contributed by atoms with Crippen LogP contribution in [0.5, 0.6) is 0 Å². The lowest BCUT2D eigenvalue weighted by Gasteiger charge is -2.38. The molecular formula is C28H28F3N5O3S. The van der Waals surface area contributed by atoms with Crippen LogP contribution in [0.3, 0.4) is 0 Å². The number of aromatic nitrogens is 3. The number of thiazole rings is 1. The van der Waals surface area contributed by atoms with Gasteiger partial charge in [0.25, 0.3) is 5.91 Å². The first-order chi connectivity index (χ1) is 19.0. The van der Waals surface area contributed by atoms with Gasteiger partial charge < -0.3 is 9.80 Å². The zero-order valence-corrected chi connectivity index (χ0v) is 22.8. The fourth-order valence-electron chi connectivity index (χ4n) is 5.34. The van der Waals surface area contributed by atoms with Gasteiger partial charge >= 0.3 is 6.18 Å². The number of carbonyl (C=O) groups is 3. The second-order valence-electron chi connectivity index (χ2n) is 10.1. The molecule has 2 aromatic heterocycles. The molecule has 3 heterocycles. The maximum Gasteiger partial charge on any atom is 0.435 e. The molecule has 8 nitrogen and oxygen atoms in total. The first kappa shape index (κ1) is 27.8. The zero-order valence-electron chi connectivity index (χ0n) is 22.0. The van der Waals surface area contributed by atoms with Gasteiger partial charge in [0, 0.05) is 37.1 Å². The fraction of sp³-hybridized carbons (Fsp3) is 0.393. The molecule has 1 aliphatic carbocycles. The molecule has 5 rings (SSSR count). The number of nitrogens with zero attached hydrogens (tertiary/aromatic N) is 5. The Labute approximate surface area is 233 Å². The van der Waals surface area contributed by atoms with Crippen LogP contribution in [0.25, 0.3) is 0 Å². The molecule has 0 saturated carbocycles. The molecule has 0 bridgehead atoms. The van der Waals surface area contributed by atoms with E-state index in [0.717, 1.165) is 33.2 Å². The molecule has 1 atom stereocenters. The van der Waals surface area contributed by atoms with E-state index >= 15 is 0 Å².